The Balaban J connectivity index is 1.42. The van der Waals surface area contributed by atoms with Crippen molar-refractivity contribution in [3.05, 3.63) is 42.5 Å². The van der Waals surface area contributed by atoms with E-state index in [2.05, 4.69) is 5.32 Å². The van der Waals surface area contributed by atoms with E-state index in [1.54, 1.807) is 17.0 Å². The molecule has 6 nitrogen and oxygen atoms in total. The molecule has 27 heavy (non-hydrogen) atoms. The zero-order valence-electron chi connectivity index (χ0n) is 15.5. The molecular formula is C20H25N3O3S. The maximum Gasteiger partial charge on any atom is 0.317 e. The fourth-order valence-corrected chi connectivity index (χ4v) is 5.07. The van der Waals surface area contributed by atoms with Crippen LogP contribution in [0.1, 0.15) is 19.8 Å². The number of urea groups is 1. The Morgan fingerprint density at radius 3 is 2.37 bits per heavy atom. The van der Waals surface area contributed by atoms with Gasteiger partial charge in [0.25, 0.3) is 0 Å². The van der Waals surface area contributed by atoms with Gasteiger partial charge in [0.2, 0.25) is 10.0 Å². The predicted molar refractivity (Wildman–Crippen MR) is 105 cm³/mol. The third-order valence-electron chi connectivity index (χ3n) is 5.56. The van der Waals surface area contributed by atoms with Crippen LogP contribution in [0.3, 0.4) is 0 Å². The first-order valence-corrected chi connectivity index (χ1v) is 10.9. The fourth-order valence-electron chi connectivity index (χ4n) is 3.61. The molecule has 2 fully saturated rings. The summed E-state index contributed by atoms with van der Waals surface area (Å²) in [4.78, 5) is 14.4. The molecule has 1 atom stereocenters. The SMILES string of the molecule is C[C@H](NC(=O)N1CCN(S(=O)(=O)c2ccc3ccccc3c2)CC1)C1CC1. The second-order valence-corrected chi connectivity index (χ2v) is 9.41. The molecule has 0 radical (unpaired) electrons. The summed E-state index contributed by atoms with van der Waals surface area (Å²) in [5.74, 6) is 0.600. The van der Waals surface area contributed by atoms with Gasteiger partial charge < -0.3 is 10.2 Å². The van der Waals surface area contributed by atoms with Crippen LogP contribution in [0.25, 0.3) is 10.8 Å². The number of carbonyl (C=O) groups excluding carboxylic acids is 1. The van der Waals surface area contributed by atoms with Crippen molar-refractivity contribution < 1.29 is 13.2 Å². The van der Waals surface area contributed by atoms with Crippen molar-refractivity contribution in [2.24, 2.45) is 5.92 Å². The Morgan fingerprint density at radius 2 is 1.70 bits per heavy atom. The van der Waals surface area contributed by atoms with Gasteiger partial charge in [0.1, 0.15) is 0 Å². The number of amides is 2. The van der Waals surface area contributed by atoms with Crippen LogP contribution in [0, 0.1) is 5.92 Å². The molecular weight excluding hydrogens is 362 g/mol. The number of fused-ring (bicyclic) bond motifs is 1. The topological polar surface area (TPSA) is 69.7 Å². The molecule has 1 saturated carbocycles. The lowest BCUT2D eigenvalue weighted by Crippen LogP contribution is -2.54. The van der Waals surface area contributed by atoms with Crippen molar-refractivity contribution in [3.63, 3.8) is 0 Å². The number of sulfonamides is 1. The summed E-state index contributed by atoms with van der Waals surface area (Å²) in [7, 11) is -3.55. The van der Waals surface area contributed by atoms with E-state index in [4.69, 9.17) is 0 Å². The molecule has 1 N–H and O–H groups in total. The minimum absolute atomic E-state index is 0.0860. The van der Waals surface area contributed by atoms with Crippen molar-refractivity contribution in [1.82, 2.24) is 14.5 Å². The third-order valence-corrected chi connectivity index (χ3v) is 7.46. The summed E-state index contributed by atoms with van der Waals surface area (Å²) in [6, 6.07) is 13.0. The Hall–Kier alpha value is -2.12. The normalized spacial score (nSPS) is 19.8. The number of nitrogens with zero attached hydrogens (tertiary/aromatic N) is 2. The first-order chi connectivity index (χ1) is 12.9. The fraction of sp³-hybridized carbons (Fsp3) is 0.450. The number of nitrogens with one attached hydrogen (secondary N) is 1. The van der Waals surface area contributed by atoms with Gasteiger partial charge in [0.05, 0.1) is 4.90 Å². The molecule has 7 heteroatoms. The highest BCUT2D eigenvalue weighted by molar-refractivity contribution is 7.89. The predicted octanol–water partition coefficient (Wildman–Crippen LogP) is 2.65. The minimum atomic E-state index is -3.55. The van der Waals surface area contributed by atoms with E-state index >= 15 is 0 Å². The Kier molecular flexibility index (Phi) is 4.82. The van der Waals surface area contributed by atoms with Gasteiger partial charge in [-0.3, -0.25) is 0 Å². The molecule has 1 aliphatic carbocycles. The maximum absolute atomic E-state index is 13.0. The number of hydrogen-bond acceptors (Lipinski definition) is 3. The lowest BCUT2D eigenvalue weighted by molar-refractivity contribution is 0.168. The highest BCUT2D eigenvalue weighted by Gasteiger charge is 2.33. The Morgan fingerprint density at radius 1 is 1.04 bits per heavy atom. The van der Waals surface area contributed by atoms with Crippen LogP contribution in [0.4, 0.5) is 4.79 Å². The average molecular weight is 388 g/mol. The molecule has 2 aliphatic rings. The van der Waals surface area contributed by atoms with Crippen molar-refractivity contribution in [2.45, 2.75) is 30.7 Å². The lowest BCUT2D eigenvalue weighted by atomic mass is 10.1. The summed E-state index contributed by atoms with van der Waals surface area (Å²) in [5, 5.41) is 4.96. The van der Waals surface area contributed by atoms with E-state index in [-0.39, 0.29) is 12.1 Å². The van der Waals surface area contributed by atoms with Gasteiger partial charge in [-0.25, -0.2) is 13.2 Å². The summed E-state index contributed by atoms with van der Waals surface area (Å²) < 4.78 is 27.5. The van der Waals surface area contributed by atoms with Crippen LogP contribution >= 0.6 is 0 Å². The first-order valence-electron chi connectivity index (χ1n) is 9.49. The Labute approximate surface area is 160 Å². The molecule has 0 spiro atoms. The highest BCUT2D eigenvalue weighted by Crippen LogP contribution is 2.32. The van der Waals surface area contributed by atoms with Gasteiger partial charge in [-0.1, -0.05) is 30.3 Å². The molecule has 0 unspecified atom stereocenters. The van der Waals surface area contributed by atoms with E-state index in [0.29, 0.717) is 37.0 Å². The van der Waals surface area contributed by atoms with Crippen LogP contribution in [0.15, 0.2) is 47.4 Å². The molecule has 2 amide bonds. The minimum Gasteiger partial charge on any atom is -0.335 e. The zero-order chi connectivity index (χ0) is 19.0. The second-order valence-electron chi connectivity index (χ2n) is 7.48. The monoisotopic (exact) mass is 387 g/mol. The first kappa shape index (κ1) is 18.3. The second kappa shape index (κ2) is 7.13. The number of carbonyl (C=O) groups is 1. The number of rotatable bonds is 4. The Bertz CT molecular complexity index is 948. The molecule has 0 aromatic heterocycles. The molecule has 2 aromatic carbocycles. The van der Waals surface area contributed by atoms with Crippen LogP contribution < -0.4 is 5.32 Å². The van der Waals surface area contributed by atoms with Crippen LogP contribution in [-0.2, 0) is 10.0 Å². The molecule has 0 bridgehead atoms. The number of hydrogen-bond donors (Lipinski definition) is 1. The van der Waals surface area contributed by atoms with Crippen LogP contribution in [0.5, 0.6) is 0 Å². The maximum atomic E-state index is 13.0. The number of benzene rings is 2. The van der Waals surface area contributed by atoms with Gasteiger partial charge in [0, 0.05) is 32.2 Å². The number of piperazine rings is 1. The largest absolute Gasteiger partial charge is 0.335 e. The third kappa shape index (κ3) is 3.80. The average Bonchev–Trinajstić information content (AvgIpc) is 3.53. The lowest BCUT2D eigenvalue weighted by Gasteiger charge is -2.34. The summed E-state index contributed by atoms with van der Waals surface area (Å²) in [5.41, 5.74) is 0. The highest BCUT2D eigenvalue weighted by atomic mass is 32.2. The van der Waals surface area contributed by atoms with Crippen LogP contribution in [-0.4, -0.2) is 55.9 Å². The van der Waals surface area contributed by atoms with Gasteiger partial charge >= 0.3 is 6.03 Å². The van der Waals surface area contributed by atoms with E-state index in [0.717, 1.165) is 10.8 Å². The van der Waals surface area contributed by atoms with Gasteiger partial charge in [-0.2, -0.15) is 4.31 Å². The smallest absolute Gasteiger partial charge is 0.317 e. The van der Waals surface area contributed by atoms with Crippen molar-refractivity contribution in [1.29, 1.82) is 0 Å². The van der Waals surface area contributed by atoms with E-state index < -0.39 is 10.0 Å². The van der Waals surface area contributed by atoms with E-state index in [1.165, 1.54) is 17.1 Å². The molecule has 2 aromatic rings. The van der Waals surface area contributed by atoms with E-state index in [9.17, 15) is 13.2 Å². The van der Waals surface area contributed by atoms with Crippen molar-refractivity contribution >= 4 is 26.8 Å². The van der Waals surface area contributed by atoms with Gasteiger partial charge in [-0.05, 0) is 48.6 Å². The molecule has 4 rings (SSSR count). The van der Waals surface area contributed by atoms with Gasteiger partial charge in [-0.15, -0.1) is 0 Å². The molecule has 144 valence electrons. The summed E-state index contributed by atoms with van der Waals surface area (Å²) >= 11 is 0. The quantitative estimate of drug-likeness (QED) is 0.877. The molecule has 1 aliphatic heterocycles. The van der Waals surface area contributed by atoms with Crippen LogP contribution in [0.2, 0.25) is 0 Å². The molecule has 1 heterocycles. The molecule has 1 saturated heterocycles. The van der Waals surface area contributed by atoms with Crippen molar-refractivity contribution in [3.8, 4) is 0 Å². The standard InChI is InChI=1S/C20H25N3O3S/c1-15(16-6-7-16)21-20(24)22-10-12-23(13-11-22)27(25,26)19-9-8-17-4-2-3-5-18(17)14-19/h2-5,8-9,14-16H,6-7,10-13H2,1H3,(H,21,24)/t15-/m0/s1. The zero-order valence-corrected chi connectivity index (χ0v) is 16.3. The summed E-state index contributed by atoms with van der Waals surface area (Å²) in [6.45, 7) is 3.50. The van der Waals surface area contributed by atoms with Gasteiger partial charge in [0.15, 0.2) is 0 Å². The van der Waals surface area contributed by atoms with E-state index in [1.807, 2.05) is 37.3 Å². The summed E-state index contributed by atoms with van der Waals surface area (Å²) in [6.07, 6.45) is 2.36. The van der Waals surface area contributed by atoms with Crippen molar-refractivity contribution in [2.75, 3.05) is 26.2 Å².